The summed E-state index contributed by atoms with van der Waals surface area (Å²) in [6.45, 7) is 4.41. The van der Waals surface area contributed by atoms with Gasteiger partial charge in [0.15, 0.2) is 11.5 Å². The molecular formula is C29H30N8O3. The Morgan fingerprint density at radius 3 is 2.52 bits per heavy atom. The maximum absolute atomic E-state index is 13.9. The maximum Gasteiger partial charge on any atom is 0.335 e. The Bertz CT molecular complexity index is 1680. The third-order valence-electron chi connectivity index (χ3n) is 7.07. The van der Waals surface area contributed by atoms with Gasteiger partial charge in [-0.1, -0.05) is 18.2 Å². The van der Waals surface area contributed by atoms with Gasteiger partial charge in [-0.2, -0.15) is 5.26 Å². The number of likely N-dealkylation sites (tertiary alicyclic amines) is 1. The monoisotopic (exact) mass is 538 g/mol. The van der Waals surface area contributed by atoms with E-state index in [1.807, 2.05) is 50.2 Å². The van der Waals surface area contributed by atoms with Crippen LogP contribution < -0.4 is 21.5 Å². The summed E-state index contributed by atoms with van der Waals surface area (Å²) in [5.41, 5.74) is 6.78. The van der Waals surface area contributed by atoms with Crippen molar-refractivity contribution < 1.29 is 9.53 Å². The van der Waals surface area contributed by atoms with Gasteiger partial charge in [0.1, 0.15) is 35.0 Å². The van der Waals surface area contributed by atoms with Crippen LogP contribution in [0.4, 0.5) is 5.82 Å². The van der Waals surface area contributed by atoms with Gasteiger partial charge in [-0.05, 0) is 69.8 Å². The van der Waals surface area contributed by atoms with Crippen molar-refractivity contribution in [1.29, 1.82) is 5.26 Å². The molecule has 0 radical (unpaired) electrons. The first-order chi connectivity index (χ1) is 19.2. The maximum atomic E-state index is 13.9. The molecule has 1 saturated heterocycles. The number of nitrogens with zero attached hydrogens (tertiary/aromatic N) is 6. The Morgan fingerprint density at radius 2 is 1.85 bits per heavy atom. The van der Waals surface area contributed by atoms with E-state index in [0.717, 1.165) is 0 Å². The summed E-state index contributed by atoms with van der Waals surface area (Å²) in [5.74, 6) is 1.11. The number of para-hydroxylation sites is 1. The summed E-state index contributed by atoms with van der Waals surface area (Å²) in [7, 11) is 1.77. The molecular weight excluding hydrogens is 508 g/mol. The third kappa shape index (κ3) is 5.04. The molecule has 2 aromatic carbocycles. The summed E-state index contributed by atoms with van der Waals surface area (Å²) < 4.78 is 8.94. The second kappa shape index (κ2) is 10.7. The van der Waals surface area contributed by atoms with E-state index in [1.54, 1.807) is 46.9 Å². The number of amides is 1. The standard InChI is InChI=1S/C29H30N8O3/c1-29(2,32-3)15-19(16-30)27(38)35-14-13-21(17-35)37-26-24(25(31)33-18-34-26)36(28(37)39)20-9-11-23(12-10-20)40-22-7-5-4-6-8-22/h4-12,15,18,21,32H,13-14,17H2,1-3H3,(H2,31,33,34)/b19-15-/t21-/m0/s1. The Morgan fingerprint density at radius 1 is 1.15 bits per heavy atom. The number of imidazole rings is 1. The highest BCUT2D eigenvalue weighted by Crippen LogP contribution is 2.29. The van der Waals surface area contributed by atoms with E-state index in [4.69, 9.17) is 10.5 Å². The van der Waals surface area contributed by atoms with Crippen LogP contribution >= 0.6 is 0 Å². The summed E-state index contributed by atoms with van der Waals surface area (Å²) in [5, 5.41) is 12.7. The molecule has 2 aromatic heterocycles. The zero-order valence-electron chi connectivity index (χ0n) is 22.5. The Labute approximate surface area is 231 Å². The zero-order valence-corrected chi connectivity index (χ0v) is 22.5. The number of hydrogen-bond donors (Lipinski definition) is 2. The number of nitriles is 1. The topological polar surface area (TPSA) is 144 Å². The van der Waals surface area contributed by atoms with Gasteiger partial charge in [0.2, 0.25) is 0 Å². The van der Waals surface area contributed by atoms with E-state index >= 15 is 0 Å². The van der Waals surface area contributed by atoms with E-state index in [1.165, 1.54) is 10.9 Å². The van der Waals surface area contributed by atoms with Crippen molar-refractivity contribution in [2.75, 3.05) is 25.9 Å². The fourth-order valence-corrected chi connectivity index (χ4v) is 4.81. The molecule has 3 N–H and O–H groups in total. The number of nitrogens with two attached hydrogens (primary N) is 1. The van der Waals surface area contributed by atoms with Gasteiger partial charge in [0.05, 0.1) is 11.7 Å². The van der Waals surface area contributed by atoms with Crippen LogP contribution in [0, 0.1) is 11.3 Å². The quantitative estimate of drug-likeness (QED) is 0.270. The first kappa shape index (κ1) is 26.6. The van der Waals surface area contributed by atoms with Crippen LogP contribution in [0.25, 0.3) is 16.9 Å². The molecule has 0 aliphatic carbocycles. The number of ether oxygens (including phenoxy) is 1. The first-order valence-corrected chi connectivity index (χ1v) is 12.9. The Kier molecular flexibility index (Phi) is 7.11. The fourth-order valence-electron chi connectivity index (χ4n) is 4.81. The van der Waals surface area contributed by atoms with Crippen LogP contribution in [0.2, 0.25) is 0 Å². The number of likely N-dealkylation sites (N-methyl/N-ethyl adjacent to an activating group) is 1. The number of rotatable bonds is 7. The largest absolute Gasteiger partial charge is 0.457 e. The lowest BCUT2D eigenvalue weighted by molar-refractivity contribution is -0.125. The molecule has 5 rings (SSSR count). The van der Waals surface area contributed by atoms with Crippen LogP contribution in [0.5, 0.6) is 11.5 Å². The minimum Gasteiger partial charge on any atom is -0.457 e. The van der Waals surface area contributed by atoms with Crippen LogP contribution in [0.3, 0.4) is 0 Å². The predicted molar refractivity (Wildman–Crippen MR) is 151 cm³/mol. The lowest BCUT2D eigenvalue weighted by Crippen LogP contribution is -2.37. The van der Waals surface area contributed by atoms with Crippen molar-refractivity contribution in [3.05, 3.63) is 83.1 Å². The van der Waals surface area contributed by atoms with Crippen LogP contribution in [-0.2, 0) is 4.79 Å². The molecule has 1 fully saturated rings. The highest BCUT2D eigenvalue weighted by atomic mass is 16.5. The lowest BCUT2D eigenvalue weighted by Gasteiger charge is -2.21. The molecule has 40 heavy (non-hydrogen) atoms. The molecule has 0 spiro atoms. The second-order valence-corrected chi connectivity index (χ2v) is 10.2. The average molecular weight is 539 g/mol. The third-order valence-corrected chi connectivity index (χ3v) is 7.07. The number of carbonyl (C=O) groups is 1. The van der Waals surface area contributed by atoms with E-state index < -0.39 is 5.54 Å². The van der Waals surface area contributed by atoms with Crippen LogP contribution in [0.15, 0.2) is 77.4 Å². The molecule has 1 atom stereocenters. The number of fused-ring (bicyclic) bond motifs is 1. The molecule has 0 unspecified atom stereocenters. The normalized spacial score (nSPS) is 15.8. The molecule has 3 heterocycles. The molecule has 11 nitrogen and oxygen atoms in total. The average Bonchev–Trinajstić information content (AvgIpc) is 3.55. The molecule has 0 saturated carbocycles. The summed E-state index contributed by atoms with van der Waals surface area (Å²) in [6.07, 6.45) is 3.47. The van der Waals surface area contributed by atoms with Gasteiger partial charge in [-0.3, -0.25) is 13.9 Å². The van der Waals surface area contributed by atoms with E-state index in [2.05, 4.69) is 15.3 Å². The zero-order chi connectivity index (χ0) is 28.4. The smallest absolute Gasteiger partial charge is 0.335 e. The Hall–Kier alpha value is -4.95. The molecule has 0 bridgehead atoms. The molecule has 204 valence electrons. The lowest BCUT2D eigenvalue weighted by atomic mass is 10.0. The highest BCUT2D eigenvalue weighted by Gasteiger charge is 2.33. The second-order valence-electron chi connectivity index (χ2n) is 10.2. The van der Waals surface area contributed by atoms with Crippen molar-refractivity contribution >= 4 is 22.9 Å². The van der Waals surface area contributed by atoms with Crippen molar-refractivity contribution in [3.8, 4) is 23.3 Å². The molecule has 11 heteroatoms. The SMILES string of the molecule is CNC(C)(C)/C=C(/C#N)C(=O)N1CC[C@H](n2c(=O)n(-c3ccc(Oc4ccccc4)cc3)c3c(N)ncnc32)C1. The molecule has 1 amide bonds. The van der Waals surface area contributed by atoms with Crippen molar-refractivity contribution in [1.82, 2.24) is 29.3 Å². The van der Waals surface area contributed by atoms with Gasteiger partial charge in [-0.15, -0.1) is 0 Å². The summed E-state index contributed by atoms with van der Waals surface area (Å²) in [4.78, 5) is 37.2. The van der Waals surface area contributed by atoms with Crippen molar-refractivity contribution in [2.45, 2.75) is 31.8 Å². The van der Waals surface area contributed by atoms with Crippen LogP contribution in [0.1, 0.15) is 26.3 Å². The highest BCUT2D eigenvalue weighted by molar-refractivity contribution is 5.97. The molecule has 1 aliphatic heterocycles. The number of benzene rings is 2. The van der Waals surface area contributed by atoms with E-state index in [9.17, 15) is 14.9 Å². The van der Waals surface area contributed by atoms with Gasteiger partial charge in [-0.25, -0.2) is 14.8 Å². The summed E-state index contributed by atoms with van der Waals surface area (Å²) in [6, 6.07) is 18.2. The van der Waals surface area contributed by atoms with Gasteiger partial charge in [0.25, 0.3) is 5.91 Å². The van der Waals surface area contributed by atoms with Gasteiger partial charge < -0.3 is 20.7 Å². The number of nitrogen functional groups attached to an aromatic ring is 1. The van der Waals surface area contributed by atoms with E-state index in [-0.39, 0.29) is 35.6 Å². The molecule has 4 aromatic rings. The number of hydrogen-bond acceptors (Lipinski definition) is 8. The fraction of sp³-hybridized carbons (Fsp3) is 0.276. The number of nitrogens with one attached hydrogen (secondary N) is 1. The van der Waals surface area contributed by atoms with Gasteiger partial charge in [0, 0.05) is 18.6 Å². The number of anilines is 1. The Balaban J connectivity index is 1.48. The minimum atomic E-state index is -0.527. The van der Waals surface area contributed by atoms with Crippen molar-refractivity contribution in [3.63, 3.8) is 0 Å². The van der Waals surface area contributed by atoms with Crippen LogP contribution in [-0.4, -0.2) is 55.6 Å². The number of carbonyl (C=O) groups excluding carboxylic acids is 1. The van der Waals surface area contributed by atoms with Gasteiger partial charge >= 0.3 is 5.69 Å². The minimum absolute atomic E-state index is 0.0548. The van der Waals surface area contributed by atoms with Crippen molar-refractivity contribution in [2.24, 2.45) is 0 Å². The first-order valence-electron chi connectivity index (χ1n) is 12.9. The number of aromatic nitrogens is 4. The van der Waals surface area contributed by atoms with E-state index in [0.29, 0.717) is 41.3 Å². The summed E-state index contributed by atoms with van der Waals surface area (Å²) >= 11 is 0. The molecule has 1 aliphatic rings. The predicted octanol–water partition coefficient (Wildman–Crippen LogP) is 3.18.